The summed E-state index contributed by atoms with van der Waals surface area (Å²) in [5.74, 6) is 3.77. The van der Waals surface area contributed by atoms with Crippen LogP contribution in [-0.4, -0.2) is 71.4 Å². The van der Waals surface area contributed by atoms with E-state index in [4.69, 9.17) is 31.4 Å². The molecule has 3 rings (SSSR count). The molecular formula is C45H90N4O3. The van der Waals surface area contributed by atoms with Gasteiger partial charge in [0.25, 0.3) is 0 Å². The summed E-state index contributed by atoms with van der Waals surface area (Å²) < 4.78 is 20.1. The van der Waals surface area contributed by atoms with Gasteiger partial charge in [-0.25, -0.2) is 0 Å². The van der Waals surface area contributed by atoms with E-state index in [2.05, 4.69) is 39.9 Å². The Balaban J connectivity index is 1.63. The summed E-state index contributed by atoms with van der Waals surface area (Å²) in [5, 5.41) is 3.80. The lowest BCUT2D eigenvalue weighted by molar-refractivity contribution is -0.218. The first-order valence-electron chi connectivity index (χ1n) is 22.9. The van der Waals surface area contributed by atoms with Gasteiger partial charge in [0.05, 0.1) is 12.2 Å². The third-order valence-electron chi connectivity index (χ3n) is 14.8. The van der Waals surface area contributed by atoms with Crippen molar-refractivity contribution in [3.8, 4) is 0 Å². The predicted octanol–water partition coefficient (Wildman–Crippen LogP) is 9.24. The number of hydrogen-bond acceptors (Lipinski definition) is 7. The standard InChI is InChI=1S/C45H90N4O3/c1-6-8-9-10-11-12-13-14-15-16-28-49-29-17-21-36(3)38-22-23-39-43-40(35-42(45(38,39)5)52-32-20-27-48)44(4,7-2)37(24-33-50-30-18-25-46)34-41(43)51-31-19-26-47/h36-43,49H,6-35,46-48H2,1-5H3/t36-,37?,38-,39+,40+,41-,42+,43?,44+,45-/m1/s1. The molecule has 3 aliphatic rings. The van der Waals surface area contributed by atoms with Crippen molar-refractivity contribution in [3.05, 3.63) is 0 Å². The van der Waals surface area contributed by atoms with E-state index in [1.807, 2.05) is 0 Å². The van der Waals surface area contributed by atoms with E-state index >= 15 is 0 Å². The van der Waals surface area contributed by atoms with Crippen LogP contribution in [0.1, 0.15) is 169 Å². The van der Waals surface area contributed by atoms with E-state index in [1.54, 1.807) is 0 Å². The van der Waals surface area contributed by atoms with Gasteiger partial charge < -0.3 is 36.7 Å². The fourth-order valence-electron chi connectivity index (χ4n) is 11.6. The Hall–Kier alpha value is -0.280. The van der Waals surface area contributed by atoms with Gasteiger partial charge in [0.15, 0.2) is 0 Å². The van der Waals surface area contributed by atoms with Gasteiger partial charge in [-0.15, -0.1) is 0 Å². The van der Waals surface area contributed by atoms with Crippen LogP contribution in [0.15, 0.2) is 0 Å². The molecule has 7 heteroatoms. The summed E-state index contributed by atoms with van der Waals surface area (Å²) in [5.41, 5.74) is 18.2. The lowest BCUT2D eigenvalue weighted by Gasteiger charge is -2.63. The zero-order valence-electron chi connectivity index (χ0n) is 35.3. The molecule has 3 aliphatic carbocycles. The van der Waals surface area contributed by atoms with Crippen molar-refractivity contribution in [2.45, 2.75) is 182 Å². The molecule has 10 atom stereocenters. The molecule has 2 unspecified atom stereocenters. The summed E-state index contributed by atoms with van der Waals surface area (Å²) in [6, 6.07) is 0. The van der Waals surface area contributed by atoms with Gasteiger partial charge in [-0.1, -0.05) is 98.8 Å². The van der Waals surface area contributed by atoms with Crippen molar-refractivity contribution >= 4 is 0 Å². The second-order valence-corrected chi connectivity index (χ2v) is 18.0. The third kappa shape index (κ3) is 13.2. The van der Waals surface area contributed by atoms with Crippen LogP contribution in [0.3, 0.4) is 0 Å². The number of unbranched alkanes of at least 4 members (excludes halogenated alkanes) is 9. The molecule has 52 heavy (non-hydrogen) atoms. The maximum Gasteiger partial charge on any atom is 0.0637 e. The number of ether oxygens (including phenoxy) is 3. The van der Waals surface area contributed by atoms with Crippen molar-refractivity contribution in [1.82, 2.24) is 5.32 Å². The molecule has 0 spiro atoms. The lowest BCUT2D eigenvalue weighted by Crippen LogP contribution is -2.62. The Morgan fingerprint density at radius 1 is 0.673 bits per heavy atom. The van der Waals surface area contributed by atoms with E-state index < -0.39 is 0 Å². The molecule has 0 heterocycles. The van der Waals surface area contributed by atoms with Crippen LogP contribution in [0.2, 0.25) is 0 Å². The second kappa shape index (κ2) is 25.8. The summed E-state index contributed by atoms with van der Waals surface area (Å²) in [6.45, 7) is 20.1. The zero-order valence-corrected chi connectivity index (χ0v) is 35.3. The van der Waals surface area contributed by atoms with E-state index in [1.165, 1.54) is 103 Å². The van der Waals surface area contributed by atoms with E-state index in [0.717, 1.165) is 71.5 Å². The molecule has 7 N–H and O–H groups in total. The van der Waals surface area contributed by atoms with Gasteiger partial charge in [0.1, 0.15) is 0 Å². The fraction of sp³-hybridized carbons (Fsp3) is 1.00. The van der Waals surface area contributed by atoms with Crippen LogP contribution in [0, 0.1) is 46.3 Å². The molecule has 3 saturated carbocycles. The minimum atomic E-state index is 0.168. The highest BCUT2D eigenvalue weighted by atomic mass is 16.5. The zero-order chi connectivity index (χ0) is 37.7. The maximum atomic E-state index is 7.04. The Kier molecular flexibility index (Phi) is 22.9. The summed E-state index contributed by atoms with van der Waals surface area (Å²) in [4.78, 5) is 0. The fourth-order valence-corrected chi connectivity index (χ4v) is 11.6. The smallest absolute Gasteiger partial charge is 0.0637 e. The molecule has 0 aliphatic heterocycles. The lowest BCUT2D eigenvalue weighted by atomic mass is 9.44. The molecule has 308 valence electrons. The highest BCUT2D eigenvalue weighted by Gasteiger charge is 2.65. The molecule has 0 aromatic rings. The van der Waals surface area contributed by atoms with E-state index in [-0.39, 0.29) is 16.9 Å². The first-order chi connectivity index (χ1) is 25.3. The molecule has 0 saturated heterocycles. The predicted molar refractivity (Wildman–Crippen MR) is 221 cm³/mol. The van der Waals surface area contributed by atoms with Gasteiger partial charge in [0, 0.05) is 31.8 Å². The number of nitrogens with one attached hydrogen (secondary N) is 1. The monoisotopic (exact) mass is 735 g/mol. The SMILES string of the molecule is CCCCCCCCCCCCNCCC[C@@H](C)[C@H]1CC[C@H]2C3[C@H](OCCCN)CC(CCOCCCN)[C@](C)(CC)[C@H]3C[C@H](OCCCN)[C@]12C. The van der Waals surface area contributed by atoms with Gasteiger partial charge in [-0.2, -0.15) is 0 Å². The number of fused-ring (bicyclic) bond motifs is 3. The third-order valence-corrected chi connectivity index (χ3v) is 14.8. The topological polar surface area (TPSA) is 118 Å². The average molecular weight is 735 g/mol. The molecule has 0 radical (unpaired) electrons. The van der Waals surface area contributed by atoms with Crippen LogP contribution in [0.4, 0.5) is 0 Å². The first kappa shape index (κ1) is 46.1. The second-order valence-electron chi connectivity index (χ2n) is 18.0. The molecule has 0 amide bonds. The van der Waals surface area contributed by atoms with Crippen LogP contribution in [0.5, 0.6) is 0 Å². The van der Waals surface area contributed by atoms with E-state index in [0.29, 0.717) is 61.2 Å². The minimum Gasteiger partial charge on any atom is -0.381 e. The van der Waals surface area contributed by atoms with Crippen molar-refractivity contribution in [2.24, 2.45) is 63.5 Å². The first-order valence-corrected chi connectivity index (χ1v) is 22.9. The Labute approximate surface area is 323 Å². The van der Waals surface area contributed by atoms with Crippen LogP contribution >= 0.6 is 0 Å². The van der Waals surface area contributed by atoms with Gasteiger partial charge in [0.2, 0.25) is 0 Å². The molecular weight excluding hydrogens is 645 g/mol. The van der Waals surface area contributed by atoms with Crippen molar-refractivity contribution in [3.63, 3.8) is 0 Å². The normalized spacial score (nSPS) is 32.2. The van der Waals surface area contributed by atoms with Crippen LogP contribution < -0.4 is 22.5 Å². The summed E-state index contributed by atoms with van der Waals surface area (Å²) >= 11 is 0. The van der Waals surface area contributed by atoms with Crippen molar-refractivity contribution < 1.29 is 14.2 Å². The van der Waals surface area contributed by atoms with E-state index in [9.17, 15) is 0 Å². The Morgan fingerprint density at radius 3 is 1.94 bits per heavy atom. The molecule has 0 aromatic carbocycles. The average Bonchev–Trinajstić information content (AvgIpc) is 3.51. The summed E-state index contributed by atoms with van der Waals surface area (Å²) in [6.07, 6.45) is 27.2. The molecule has 0 aromatic heterocycles. The Bertz CT molecular complexity index is 895. The largest absolute Gasteiger partial charge is 0.381 e. The minimum absolute atomic E-state index is 0.168. The van der Waals surface area contributed by atoms with Gasteiger partial charge in [-0.05, 0) is 144 Å². The number of rotatable bonds is 31. The highest BCUT2D eigenvalue weighted by Crippen LogP contribution is 2.68. The van der Waals surface area contributed by atoms with Gasteiger partial charge in [-0.3, -0.25) is 0 Å². The molecule has 0 bridgehead atoms. The highest BCUT2D eigenvalue weighted by molar-refractivity contribution is 5.14. The molecule has 7 nitrogen and oxygen atoms in total. The maximum absolute atomic E-state index is 7.04. The Morgan fingerprint density at radius 2 is 1.29 bits per heavy atom. The number of nitrogens with two attached hydrogens (primary N) is 3. The summed E-state index contributed by atoms with van der Waals surface area (Å²) in [7, 11) is 0. The van der Waals surface area contributed by atoms with Crippen LogP contribution in [0.25, 0.3) is 0 Å². The van der Waals surface area contributed by atoms with Crippen LogP contribution in [-0.2, 0) is 14.2 Å². The van der Waals surface area contributed by atoms with Crippen molar-refractivity contribution in [1.29, 1.82) is 0 Å². The number of hydrogen-bond donors (Lipinski definition) is 4. The van der Waals surface area contributed by atoms with Gasteiger partial charge >= 0.3 is 0 Å². The quantitative estimate of drug-likeness (QED) is 0.0525. The van der Waals surface area contributed by atoms with Crippen molar-refractivity contribution in [2.75, 3.05) is 59.2 Å². The molecule has 3 fully saturated rings.